The van der Waals surface area contributed by atoms with Gasteiger partial charge in [0.05, 0.1) is 16.5 Å². The molecule has 2 heterocycles. The van der Waals surface area contributed by atoms with Crippen molar-refractivity contribution in [3.05, 3.63) is 51.8 Å². The van der Waals surface area contributed by atoms with Crippen molar-refractivity contribution in [2.75, 3.05) is 0 Å². The van der Waals surface area contributed by atoms with Crippen LogP contribution in [-0.4, -0.2) is 10.8 Å². The van der Waals surface area contributed by atoms with Crippen LogP contribution in [0, 0.1) is 0 Å². The van der Waals surface area contributed by atoms with Gasteiger partial charge in [-0.2, -0.15) is 0 Å². The second-order valence-corrected chi connectivity index (χ2v) is 5.04. The molecule has 0 saturated carbocycles. The number of hydrogen-bond donors (Lipinski definition) is 0. The molecule has 98 valence electrons. The minimum absolute atomic E-state index is 0.0632. The Morgan fingerprint density at radius 3 is 2.80 bits per heavy atom. The van der Waals surface area contributed by atoms with Crippen molar-refractivity contribution in [1.29, 1.82) is 0 Å². The van der Waals surface area contributed by atoms with E-state index < -0.39 is 0 Å². The lowest BCUT2D eigenvalue weighted by Gasteiger charge is -2.13. The van der Waals surface area contributed by atoms with Crippen LogP contribution in [0.4, 0.5) is 0 Å². The SMILES string of the molecule is O=C1CCCc2nc3oc4ccccc4c(=O)c3cc21. The van der Waals surface area contributed by atoms with Crippen LogP contribution in [-0.2, 0) is 6.42 Å². The van der Waals surface area contributed by atoms with Gasteiger partial charge in [-0.25, -0.2) is 4.98 Å². The summed E-state index contributed by atoms with van der Waals surface area (Å²) < 4.78 is 5.71. The summed E-state index contributed by atoms with van der Waals surface area (Å²) in [5.74, 6) is 0.0632. The maximum atomic E-state index is 12.5. The summed E-state index contributed by atoms with van der Waals surface area (Å²) in [6, 6.07) is 8.74. The van der Waals surface area contributed by atoms with Gasteiger partial charge in [0, 0.05) is 12.0 Å². The van der Waals surface area contributed by atoms with E-state index in [4.69, 9.17) is 4.42 Å². The van der Waals surface area contributed by atoms with Gasteiger partial charge in [0.1, 0.15) is 5.58 Å². The monoisotopic (exact) mass is 265 g/mol. The topological polar surface area (TPSA) is 60.2 Å². The maximum absolute atomic E-state index is 12.5. The number of pyridine rings is 1. The quantitative estimate of drug-likeness (QED) is 0.586. The second kappa shape index (κ2) is 4.00. The first kappa shape index (κ1) is 11.3. The summed E-state index contributed by atoms with van der Waals surface area (Å²) in [5.41, 5.74) is 2.04. The number of fused-ring (bicyclic) bond motifs is 3. The predicted octanol–water partition coefficient (Wildman–Crippen LogP) is 2.86. The number of ketones is 1. The molecular weight excluding hydrogens is 254 g/mol. The fourth-order valence-electron chi connectivity index (χ4n) is 2.75. The molecule has 0 atom stereocenters. The molecular formula is C16H11NO3. The van der Waals surface area contributed by atoms with Crippen molar-refractivity contribution in [2.45, 2.75) is 19.3 Å². The molecule has 1 aliphatic rings. The molecule has 0 bridgehead atoms. The highest BCUT2D eigenvalue weighted by Crippen LogP contribution is 2.24. The van der Waals surface area contributed by atoms with Gasteiger partial charge in [0.15, 0.2) is 5.78 Å². The van der Waals surface area contributed by atoms with Gasteiger partial charge in [-0.15, -0.1) is 0 Å². The fraction of sp³-hybridized carbons (Fsp3) is 0.188. The summed E-state index contributed by atoms with van der Waals surface area (Å²) in [6.07, 6.45) is 2.09. The molecule has 4 nitrogen and oxygen atoms in total. The number of hydrogen-bond acceptors (Lipinski definition) is 4. The molecule has 4 rings (SSSR count). The fourth-order valence-corrected chi connectivity index (χ4v) is 2.75. The van der Waals surface area contributed by atoms with Gasteiger partial charge in [-0.1, -0.05) is 12.1 Å². The second-order valence-electron chi connectivity index (χ2n) is 5.04. The molecule has 1 aliphatic carbocycles. The summed E-state index contributed by atoms with van der Waals surface area (Å²) in [6.45, 7) is 0. The summed E-state index contributed by atoms with van der Waals surface area (Å²) in [7, 11) is 0. The number of benzene rings is 1. The van der Waals surface area contributed by atoms with Crippen LogP contribution in [0.5, 0.6) is 0 Å². The molecule has 0 saturated heterocycles. The summed E-state index contributed by atoms with van der Waals surface area (Å²) >= 11 is 0. The van der Waals surface area contributed by atoms with Crippen LogP contribution in [0.3, 0.4) is 0 Å². The Bertz CT molecular complexity index is 924. The Morgan fingerprint density at radius 2 is 1.90 bits per heavy atom. The standard InChI is InChI=1S/C16H11NO3/c18-13-6-3-5-12-10(13)8-11-15(19)9-4-1-2-7-14(9)20-16(11)17-12/h1-2,4,7-8H,3,5-6H2. The van der Waals surface area contributed by atoms with Crippen molar-refractivity contribution < 1.29 is 9.21 Å². The number of rotatable bonds is 0. The van der Waals surface area contributed by atoms with Gasteiger partial charge in [0.25, 0.3) is 0 Å². The molecule has 1 aromatic carbocycles. The predicted molar refractivity (Wildman–Crippen MR) is 75.1 cm³/mol. The maximum Gasteiger partial charge on any atom is 0.230 e. The average molecular weight is 265 g/mol. The lowest BCUT2D eigenvalue weighted by Crippen LogP contribution is -2.14. The highest BCUT2D eigenvalue weighted by Gasteiger charge is 2.21. The van der Waals surface area contributed by atoms with E-state index in [1.807, 2.05) is 6.07 Å². The number of Topliss-reactive ketones (excluding diaryl/α,β-unsaturated/α-hetero) is 1. The minimum Gasteiger partial charge on any atom is -0.437 e. The summed E-state index contributed by atoms with van der Waals surface area (Å²) in [5, 5.41) is 0.905. The van der Waals surface area contributed by atoms with Gasteiger partial charge in [-0.3, -0.25) is 9.59 Å². The molecule has 4 heteroatoms. The van der Waals surface area contributed by atoms with Crippen molar-refractivity contribution in [2.24, 2.45) is 0 Å². The lowest BCUT2D eigenvalue weighted by atomic mass is 9.94. The smallest absolute Gasteiger partial charge is 0.230 e. The number of nitrogens with zero attached hydrogens (tertiary/aromatic N) is 1. The molecule has 0 amide bonds. The number of carbonyl (C=O) groups is 1. The number of aromatic nitrogens is 1. The summed E-state index contributed by atoms with van der Waals surface area (Å²) in [4.78, 5) is 28.8. The van der Waals surface area contributed by atoms with E-state index in [1.165, 1.54) is 0 Å². The van der Waals surface area contributed by atoms with Gasteiger partial charge in [-0.05, 0) is 31.0 Å². The molecule has 0 unspecified atom stereocenters. The number of para-hydroxylation sites is 1. The zero-order valence-electron chi connectivity index (χ0n) is 10.7. The van der Waals surface area contributed by atoms with Crippen LogP contribution >= 0.6 is 0 Å². The molecule has 0 N–H and O–H groups in total. The van der Waals surface area contributed by atoms with E-state index >= 15 is 0 Å². The molecule has 0 radical (unpaired) electrons. The van der Waals surface area contributed by atoms with E-state index in [0.29, 0.717) is 34.1 Å². The highest BCUT2D eigenvalue weighted by molar-refractivity contribution is 6.01. The molecule has 0 fully saturated rings. The molecule has 0 aliphatic heterocycles. The van der Waals surface area contributed by atoms with Crippen LogP contribution in [0.15, 0.2) is 39.5 Å². The first-order valence-electron chi connectivity index (χ1n) is 6.63. The van der Waals surface area contributed by atoms with Gasteiger partial charge in [0.2, 0.25) is 11.1 Å². The van der Waals surface area contributed by atoms with Crippen molar-refractivity contribution in [1.82, 2.24) is 4.98 Å². The zero-order valence-corrected chi connectivity index (χ0v) is 10.7. The van der Waals surface area contributed by atoms with Crippen molar-refractivity contribution in [3.63, 3.8) is 0 Å². The van der Waals surface area contributed by atoms with Gasteiger partial charge >= 0.3 is 0 Å². The van der Waals surface area contributed by atoms with Crippen molar-refractivity contribution >= 4 is 27.9 Å². The minimum atomic E-state index is -0.129. The lowest BCUT2D eigenvalue weighted by molar-refractivity contribution is 0.0972. The number of aryl methyl sites for hydroxylation is 1. The molecule has 20 heavy (non-hydrogen) atoms. The van der Waals surface area contributed by atoms with Crippen LogP contribution in [0.1, 0.15) is 28.9 Å². The normalized spacial score (nSPS) is 14.7. The highest BCUT2D eigenvalue weighted by atomic mass is 16.3. The van der Waals surface area contributed by atoms with E-state index in [-0.39, 0.29) is 11.2 Å². The van der Waals surface area contributed by atoms with E-state index in [2.05, 4.69) is 4.98 Å². The Morgan fingerprint density at radius 1 is 1.05 bits per heavy atom. The Kier molecular flexibility index (Phi) is 2.27. The first-order chi connectivity index (χ1) is 9.74. The largest absolute Gasteiger partial charge is 0.437 e. The molecule has 2 aromatic heterocycles. The third kappa shape index (κ3) is 1.51. The zero-order chi connectivity index (χ0) is 13.7. The Labute approximate surface area is 114 Å². The van der Waals surface area contributed by atoms with Crippen molar-refractivity contribution in [3.8, 4) is 0 Å². The first-order valence-corrected chi connectivity index (χ1v) is 6.63. The number of carbonyl (C=O) groups excluding carboxylic acids is 1. The van der Waals surface area contributed by atoms with Crippen LogP contribution in [0.2, 0.25) is 0 Å². The molecule has 3 aromatic rings. The van der Waals surface area contributed by atoms with Crippen LogP contribution < -0.4 is 5.43 Å². The molecule has 0 spiro atoms. The van der Waals surface area contributed by atoms with E-state index in [0.717, 1.165) is 18.5 Å². The average Bonchev–Trinajstić information content (AvgIpc) is 2.47. The Hall–Kier alpha value is -2.49. The third-order valence-electron chi connectivity index (χ3n) is 3.77. The van der Waals surface area contributed by atoms with Gasteiger partial charge < -0.3 is 4.42 Å². The van der Waals surface area contributed by atoms with E-state index in [1.54, 1.807) is 24.3 Å². The van der Waals surface area contributed by atoms with E-state index in [9.17, 15) is 9.59 Å². The Balaban J connectivity index is 2.16. The third-order valence-corrected chi connectivity index (χ3v) is 3.77. The van der Waals surface area contributed by atoms with Crippen LogP contribution in [0.25, 0.3) is 22.1 Å².